The Labute approximate surface area is 142 Å². The molecule has 2 aromatic rings. The molecule has 0 unspecified atom stereocenters. The minimum absolute atomic E-state index is 0.0789. The fourth-order valence-corrected chi connectivity index (χ4v) is 2.83. The number of nitrogens with one attached hydrogen (secondary N) is 1. The molecule has 1 amide bonds. The molecule has 0 saturated heterocycles. The number of hydrogen-bond acceptors (Lipinski definition) is 7. The highest BCUT2D eigenvalue weighted by atomic mass is 32.1. The van der Waals surface area contributed by atoms with E-state index in [9.17, 15) is 9.59 Å². The molecule has 0 saturated carbocycles. The molecule has 0 aliphatic rings. The number of nitrogens with zero attached hydrogens (tertiary/aromatic N) is 1. The average Bonchev–Trinajstić information content (AvgIpc) is 2.93. The van der Waals surface area contributed by atoms with E-state index in [1.165, 1.54) is 33.5 Å². The van der Waals surface area contributed by atoms with Crippen LogP contribution in [-0.2, 0) is 0 Å². The van der Waals surface area contributed by atoms with Gasteiger partial charge in [-0.1, -0.05) is 11.3 Å². The van der Waals surface area contributed by atoms with Gasteiger partial charge >= 0.3 is 5.97 Å². The molecule has 24 heavy (non-hydrogen) atoms. The molecule has 0 fully saturated rings. The summed E-state index contributed by atoms with van der Waals surface area (Å²) >= 11 is 0.888. The van der Waals surface area contributed by atoms with Gasteiger partial charge in [0.05, 0.1) is 27.0 Å². The molecule has 9 heteroatoms. The van der Waals surface area contributed by atoms with Crippen molar-refractivity contribution in [3.05, 3.63) is 28.3 Å². The van der Waals surface area contributed by atoms with Crippen molar-refractivity contribution in [1.29, 1.82) is 0 Å². The van der Waals surface area contributed by atoms with Crippen LogP contribution >= 0.6 is 11.3 Å². The largest absolute Gasteiger partial charge is 0.493 e. The minimum Gasteiger partial charge on any atom is -0.493 e. The number of carboxylic acid groups (broad SMARTS) is 1. The van der Waals surface area contributed by atoms with Crippen LogP contribution in [0.2, 0.25) is 0 Å². The molecular formula is C15H16N2O6S. The second kappa shape index (κ2) is 7.18. The number of aromatic nitrogens is 1. The summed E-state index contributed by atoms with van der Waals surface area (Å²) < 4.78 is 15.6. The Morgan fingerprint density at radius 1 is 1.12 bits per heavy atom. The van der Waals surface area contributed by atoms with Gasteiger partial charge in [-0.05, 0) is 19.1 Å². The van der Waals surface area contributed by atoms with E-state index in [1.54, 1.807) is 6.92 Å². The van der Waals surface area contributed by atoms with Gasteiger partial charge in [-0.15, -0.1) is 0 Å². The van der Waals surface area contributed by atoms with Crippen molar-refractivity contribution in [2.75, 3.05) is 26.6 Å². The predicted octanol–water partition coefficient (Wildman–Crippen LogP) is 2.43. The Morgan fingerprint density at radius 2 is 1.71 bits per heavy atom. The molecule has 0 aliphatic carbocycles. The summed E-state index contributed by atoms with van der Waals surface area (Å²) in [5.74, 6) is -0.514. The van der Waals surface area contributed by atoms with Crippen molar-refractivity contribution in [1.82, 2.24) is 4.98 Å². The summed E-state index contributed by atoms with van der Waals surface area (Å²) in [5, 5.41) is 11.8. The Balaban J connectivity index is 2.33. The molecule has 128 valence electrons. The fraction of sp³-hybridized carbons (Fsp3) is 0.267. The first-order chi connectivity index (χ1) is 11.4. The van der Waals surface area contributed by atoms with Gasteiger partial charge in [0.25, 0.3) is 5.91 Å². The fourth-order valence-electron chi connectivity index (χ4n) is 2.03. The van der Waals surface area contributed by atoms with Crippen molar-refractivity contribution in [2.24, 2.45) is 0 Å². The summed E-state index contributed by atoms with van der Waals surface area (Å²) in [6, 6.07) is 2.99. The number of carboxylic acids is 1. The first kappa shape index (κ1) is 17.5. The van der Waals surface area contributed by atoms with Crippen LogP contribution < -0.4 is 19.5 Å². The number of carbonyl (C=O) groups is 2. The number of ether oxygens (including phenoxy) is 3. The smallest absolute Gasteiger partial charge is 0.347 e. The number of anilines is 1. The van der Waals surface area contributed by atoms with E-state index in [-0.39, 0.29) is 15.6 Å². The average molecular weight is 352 g/mol. The van der Waals surface area contributed by atoms with Crippen LogP contribution in [0.1, 0.15) is 25.7 Å². The zero-order valence-corrected chi connectivity index (χ0v) is 14.3. The number of hydrogen-bond donors (Lipinski definition) is 2. The summed E-state index contributed by atoms with van der Waals surface area (Å²) in [7, 11) is 4.36. The minimum atomic E-state index is -1.08. The molecule has 2 rings (SSSR count). The van der Waals surface area contributed by atoms with Gasteiger partial charge in [0.15, 0.2) is 16.6 Å². The lowest BCUT2D eigenvalue weighted by atomic mass is 10.1. The van der Waals surface area contributed by atoms with Gasteiger partial charge in [0.1, 0.15) is 4.88 Å². The lowest BCUT2D eigenvalue weighted by molar-refractivity contribution is 0.0701. The molecule has 0 aliphatic heterocycles. The van der Waals surface area contributed by atoms with Gasteiger partial charge in [0.2, 0.25) is 5.75 Å². The summed E-state index contributed by atoms with van der Waals surface area (Å²) in [4.78, 5) is 27.5. The van der Waals surface area contributed by atoms with E-state index in [1.807, 2.05) is 0 Å². The Morgan fingerprint density at radius 3 is 2.12 bits per heavy atom. The maximum atomic E-state index is 12.4. The third-order valence-electron chi connectivity index (χ3n) is 3.14. The zero-order chi connectivity index (χ0) is 17.9. The highest BCUT2D eigenvalue weighted by Crippen LogP contribution is 2.38. The predicted molar refractivity (Wildman–Crippen MR) is 87.9 cm³/mol. The van der Waals surface area contributed by atoms with Crippen molar-refractivity contribution in [3.8, 4) is 17.2 Å². The number of thiazole rings is 1. The lowest BCUT2D eigenvalue weighted by Gasteiger charge is -2.13. The van der Waals surface area contributed by atoms with Gasteiger partial charge in [-0.2, -0.15) is 0 Å². The van der Waals surface area contributed by atoms with Crippen LogP contribution in [0.5, 0.6) is 17.2 Å². The van der Waals surface area contributed by atoms with Crippen LogP contribution in [-0.4, -0.2) is 43.3 Å². The third-order valence-corrected chi connectivity index (χ3v) is 4.20. The topological polar surface area (TPSA) is 107 Å². The number of methoxy groups -OCH3 is 3. The Bertz CT molecular complexity index is 761. The highest BCUT2D eigenvalue weighted by molar-refractivity contribution is 7.17. The number of benzene rings is 1. The maximum Gasteiger partial charge on any atom is 0.347 e. The van der Waals surface area contributed by atoms with Crippen LogP contribution in [0, 0.1) is 6.92 Å². The number of rotatable bonds is 6. The monoisotopic (exact) mass is 352 g/mol. The standard InChI is InChI=1S/C15H16N2O6S/c1-7-12(14(19)20)24-15(16-7)17-13(18)8-5-9(21-2)11(23-4)10(6-8)22-3/h5-6H,1-4H3,(H,19,20)(H,16,17,18). The SMILES string of the molecule is COc1cc(C(=O)Nc2nc(C)c(C(=O)O)s2)cc(OC)c1OC. The van der Waals surface area contributed by atoms with Crippen molar-refractivity contribution >= 4 is 28.3 Å². The molecule has 1 heterocycles. The van der Waals surface area contributed by atoms with Gasteiger partial charge in [-0.25, -0.2) is 9.78 Å². The molecule has 2 N–H and O–H groups in total. The first-order valence-corrected chi connectivity index (χ1v) is 7.55. The Kier molecular flexibility index (Phi) is 5.24. The number of amides is 1. The highest BCUT2D eigenvalue weighted by Gasteiger charge is 2.19. The van der Waals surface area contributed by atoms with Gasteiger partial charge in [-0.3, -0.25) is 10.1 Å². The second-order valence-corrected chi connectivity index (χ2v) is 5.61. The molecule has 0 spiro atoms. The van der Waals surface area contributed by atoms with Crippen molar-refractivity contribution in [3.63, 3.8) is 0 Å². The van der Waals surface area contributed by atoms with Crippen molar-refractivity contribution in [2.45, 2.75) is 6.92 Å². The van der Waals surface area contributed by atoms with E-state index in [4.69, 9.17) is 19.3 Å². The van der Waals surface area contributed by atoms with Crippen LogP contribution in [0.4, 0.5) is 5.13 Å². The second-order valence-electron chi connectivity index (χ2n) is 4.61. The van der Waals surface area contributed by atoms with Gasteiger partial charge in [0, 0.05) is 5.56 Å². The summed E-state index contributed by atoms with van der Waals surface area (Å²) in [6.07, 6.45) is 0. The normalized spacial score (nSPS) is 10.2. The number of aryl methyl sites for hydroxylation is 1. The maximum absolute atomic E-state index is 12.4. The van der Waals surface area contributed by atoms with Crippen LogP contribution in [0.25, 0.3) is 0 Å². The summed E-state index contributed by atoms with van der Waals surface area (Å²) in [5.41, 5.74) is 0.599. The third kappa shape index (κ3) is 3.40. The molecule has 1 aromatic heterocycles. The zero-order valence-electron chi connectivity index (χ0n) is 13.5. The molecule has 0 atom stereocenters. The van der Waals surface area contributed by atoms with Crippen LogP contribution in [0.3, 0.4) is 0 Å². The summed E-state index contributed by atoms with van der Waals surface area (Å²) in [6.45, 7) is 1.56. The molecule has 1 aromatic carbocycles. The van der Waals surface area contributed by atoms with E-state index >= 15 is 0 Å². The number of aromatic carboxylic acids is 1. The lowest BCUT2D eigenvalue weighted by Crippen LogP contribution is -2.12. The molecule has 8 nitrogen and oxygen atoms in total. The molecule has 0 bridgehead atoms. The van der Waals surface area contributed by atoms with E-state index < -0.39 is 11.9 Å². The van der Waals surface area contributed by atoms with Crippen molar-refractivity contribution < 1.29 is 28.9 Å². The molecule has 0 radical (unpaired) electrons. The van der Waals surface area contributed by atoms with E-state index in [0.717, 1.165) is 11.3 Å². The van der Waals surface area contributed by atoms with Gasteiger partial charge < -0.3 is 19.3 Å². The van der Waals surface area contributed by atoms with E-state index in [2.05, 4.69) is 10.3 Å². The quantitative estimate of drug-likeness (QED) is 0.822. The Hall–Kier alpha value is -2.81. The van der Waals surface area contributed by atoms with E-state index in [0.29, 0.717) is 22.9 Å². The first-order valence-electron chi connectivity index (χ1n) is 6.73. The molecular weight excluding hydrogens is 336 g/mol. The van der Waals surface area contributed by atoms with Crippen LogP contribution in [0.15, 0.2) is 12.1 Å². The number of carbonyl (C=O) groups excluding carboxylic acids is 1.